The summed E-state index contributed by atoms with van der Waals surface area (Å²) in [5.41, 5.74) is 3.29. The van der Waals surface area contributed by atoms with Crippen LogP contribution in [0, 0.1) is 12.7 Å². The van der Waals surface area contributed by atoms with E-state index in [0.29, 0.717) is 33.5 Å². The zero-order chi connectivity index (χ0) is 22.8. The first-order valence-corrected chi connectivity index (χ1v) is 11.3. The highest BCUT2D eigenvalue weighted by atomic mass is 32.2. The number of rotatable bonds is 6. The highest BCUT2D eigenvalue weighted by molar-refractivity contribution is 7.98. The van der Waals surface area contributed by atoms with E-state index in [2.05, 4.69) is 10.1 Å². The number of fused-ring (bicyclic) bond motifs is 1. The minimum absolute atomic E-state index is 0.154. The average molecular weight is 459 g/mol. The Hall–Kier alpha value is -3.78. The molecule has 5 aromatic rings. The Kier molecular flexibility index (Phi) is 5.75. The minimum Gasteiger partial charge on any atom is -0.338 e. The third kappa shape index (κ3) is 4.56. The first kappa shape index (κ1) is 21.1. The maximum absolute atomic E-state index is 13.3. The van der Waals surface area contributed by atoms with Crippen molar-refractivity contribution in [1.82, 2.24) is 19.7 Å². The Morgan fingerprint density at radius 1 is 0.970 bits per heavy atom. The molecular weight excluding hydrogens is 439 g/mol. The molecule has 2 heterocycles. The Balaban J connectivity index is 1.45. The van der Waals surface area contributed by atoms with Crippen LogP contribution in [-0.4, -0.2) is 19.7 Å². The van der Waals surface area contributed by atoms with E-state index in [1.165, 1.54) is 23.9 Å². The van der Waals surface area contributed by atoms with Crippen LogP contribution in [0.25, 0.3) is 22.3 Å². The van der Waals surface area contributed by atoms with Crippen LogP contribution in [-0.2, 0) is 12.3 Å². The van der Waals surface area contributed by atoms with Gasteiger partial charge in [-0.25, -0.2) is 9.37 Å². The molecule has 0 N–H and O–H groups in total. The number of thioether (sulfide) groups is 1. The number of aromatic nitrogens is 4. The van der Waals surface area contributed by atoms with E-state index in [4.69, 9.17) is 9.51 Å². The predicted molar refractivity (Wildman–Crippen MR) is 126 cm³/mol. The van der Waals surface area contributed by atoms with Crippen LogP contribution < -0.4 is 5.56 Å². The number of nitrogens with zero attached hydrogens (tertiary/aromatic N) is 4. The number of halogens is 1. The van der Waals surface area contributed by atoms with Gasteiger partial charge in [0.15, 0.2) is 5.16 Å². The monoisotopic (exact) mass is 458 g/mol. The molecule has 0 saturated heterocycles. The number of hydrogen-bond donors (Lipinski definition) is 0. The van der Waals surface area contributed by atoms with Gasteiger partial charge in [0.2, 0.25) is 11.7 Å². The van der Waals surface area contributed by atoms with Gasteiger partial charge in [-0.05, 0) is 36.8 Å². The second-order valence-corrected chi connectivity index (χ2v) is 8.54. The SMILES string of the molecule is Cc1ccc(-c2noc(CSc3nc4ccccc4c(=O)n3Cc3ccc(F)cc3)n2)cc1. The summed E-state index contributed by atoms with van der Waals surface area (Å²) in [6.45, 7) is 2.29. The molecule has 6 nitrogen and oxygen atoms in total. The lowest BCUT2D eigenvalue weighted by Gasteiger charge is -2.12. The second kappa shape index (κ2) is 8.99. The third-order valence-corrected chi connectivity index (χ3v) is 6.14. The van der Waals surface area contributed by atoms with Gasteiger partial charge in [-0.3, -0.25) is 9.36 Å². The van der Waals surface area contributed by atoms with Crippen molar-refractivity contribution in [2.75, 3.05) is 0 Å². The van der Waals surface area contributed by atoms with Crippen LogP contribution in [0.4, 0.5) is 4.39 Å². The average Bonchev–Trinajstić information content (AvgIpc) is 3.30. The van der Waals surface area contributed by atoms with Gasteiger partial charge in [-0.1, -0.05) is 71.0 Å². The number of hydrogen-bond acceptors (Lipinski definition) is 6. The highest BCUT2D eigenvalue weighted by Crippen LogP contribution is 2.24. The smallest absolute Gasteiger partial charge is 0.262 e. The molecule has 0 aliphatic rings. The van der Waals surface area contributed by atoms with Crippen molar-refractivity contribution in [2.45, 2.75) is 24.4 Å². The Bertz CT molecular complexity index is 1480. The van der Waals surface area contributed by atoms with Crippen LogP contribution in [0.3, 0.4) is 0 Å². The minimum atomic E-state index is -0.321. The fraction of sp³-hybridized carbons (Fsp3) is 0.120. The molecule has 0 spiro atoms. The Labute approximate surface area is 193 Å². The normalized spacial score (nSPS) is 11.2. The molecule has 8 heteroatoms. The molecule has 0 fully saturated rings. The van der Waals surface area contributed by atoms with Crippen molar-refractivity contribution in [1.29, 1.82) is 0 Å². The van der Waals surface area contributed by atoms with E-state index in [1.807, 2.05) is 49.4 Å². The van der Waals surface area contributed by atoms with Gasteiger partial charge >= 0.3 is 0 Å². The van der Waals surface area contributed by atoms with Crippen LogP contribution in [0.2, 0.25) is 0 Å². The summed E-state index contributed by atoms with van der Waals surface area (Å²) in [7, 11) is 0. The van der Waals surface area contributed by atoms with Crippen molar-refractivity contribution in [3.8, 4) is 11.4 Å². The van der Waals surface area contributed by atoms with E-state index >= 15 is 0 Å². The third-order valence-electron chi connectivity index (χ3n) is 5.18. The van der Waals surface area contributed by atoms with Crippen LogP contribution in [0.1, 0.15) is 17.0 Å². The molecule has 0 aliphatic heterocycles. The standard InChI is InChI=1S/C25H19FN4O2S/c1-16-6-10-18(11-7-16)23-28-22(32-29-23)15-33-25-27-21-5-3-2-4-20(21)24(31)30(25)14-17-8-12-19(26)13-9-17/h2-13H,14-15H2,1H3. The van der Waals surface area contributed by atoms with Gasteiger partial charge in [0, 0.05) is 5.56 Å². The first-order valence-electron chi connectivity index (χ1n) is 10.3. The van der Waals surface area contributed by atoms with E-state index in [-0.39, 0.29) is 17.9 Å². The highest BCUT2D eigenvalue weighted by Gasteiger charge is 2.15. The van der Waals surface area contributed by atoms with E-state index < -0.39 is 0 Å². The van der Waals surface area contributed by atoms with Gasteiger partial charge in [0.05, 0.1) is 23.2 Å². The zero-order valence-corrected chi connectivity index (χ0v) is 18.6. The van der Waals surface area contributed by atoms with Gasteiger partial charge in [0.25, 0.3) is 5.56 Å². The van der Waals surface area contributed by atoms with Crippen molar-refractivity contribution < 1.29 is 8.91 Å². The topological polar surface area (TPSA) is 73.8 Å². The van der Waals surface area contributed by atoms with E-state index in [1.54, 1.807) is 22.8 Å². The predicted octanol–water partition coefficient (Wildman–Crippen LogP) is 5.23. The maximum Gasteiger partial charge on any atom is 0.262 e. The zero-order valence-electron chi connectivity index (χ0n) is 17.7. The van der Waals surface area contributed by atoms with Crippen LogP contribution in [0.15, 0.2) is 87.3 Å². The number of aryl methyl sites for hydroxylation is 1. The molecule has 2 aromatic heterocycles. The molecule has 5 rings (SSSR count). The molecule has 0 amide bonds. The summed E-state index contributed by atoms with van der Waals surface area (Å²) in [5.74, 6) is 0.984. The molecule has 0 radical (unpaired) electrons. The molecular formula is C25H19FN4O2S. The summed E-state index contributed by atoms with van der Waals surface area (Å²) in [6, 6.07) is 21.2. The fourth-order valence-corrected chi connectivity index (χ4v) is 4.27. The van der Waals surface area contributed by atoms with Crippen LogP contribution >= 0.6 is 11.8 Å². The lowest BCUT2D eigenvalue weighted by molar-refractivity contribution is 0.391. The lowest BCUT2D eigenvalue weighted by atomic mass is 10.1. The summed E-state index contributed by atoms with van der Waals surface area (Å²) < 4.78 is 20.4. The van der Waals surface area contributed by atoms with E-state index in [0.717, 1.165) is 16.7 Å². The lowest BCUT2D eigenvalue weighted by Crippen LogP contribution is -2.24. The second-order valence-electron chi connectivity index (χ2n) is 7.60. The first-order chi connectivity index (χ1) is 16.1. The summed E-state index contributed by atoms with van der Waals surface area (Å²) in [5, 5.41) is 5.13. The van der Waals surface area contributed by atoms with Crippen molar-refractivity contribution >= 4 is 22.7 Å². The number of para-hydroxylation sites is 1. The number of benzene rings is 3. The molecule has 0 saturated carbocycles. The largest absolute Gasteiger partial charge is 0.338 e. The van der Waals surface area contributed by atoms with Crippen molar-refractivity contribution in [3.05, 3.63) is 106 Å². The molecule has 3 aromatic carbocycles. The van der Waals surface area contributed by atoms with E-state index in [9.17, 15) is 9.18 Å². The summed E-state index contributed by atoms with van der Waals surface area (Å²) >= 11 is 1.34. The van der Waals surface area contributed by atoms with Crippen LogP contribution in [0.5, 0.6) is 0 Å². The molecule has 0 aliphatic carbocycles. The van der Waals surface area contributed by atoms with Gasteiger partial charge in [-0.2, -0.15) is 4.98 Å². The Morgan fingerprint density at radius 2 is 1.73 bits per heavy atom. The molecule has 0 unspecified atom stereocenters. The summed E-state index contributed by atoms with van der Waals surface area (Å²) in [4.78, 5) is 22.4. The Morgan fingerprint density at radius 3 is 2.52 bits per heavy atom. The summed E-state index contributed by atoms with van der Waals surface area (Å²) in [6.07, 6.45) is 0. The molecule has 33 heavy (non-hydrogen) atoms. The van der Waals surface area contributed by atoms with Crippen molar-refractivity contribution in [2.24, 2.45) is 0 Å². The van der Waals surface area contributed by atoms with Gasteiger partial charge in [-0.15, -0.1) is 0 Å². The quantitative estimate of drug-likeness (QED) is 0.256. The van der Waals surface area contributed by atoms with Crippen molar-refractivity contribution in [3.63, 3.8) is 0 Å². The van der Waals surface area contributed by atoms with Gasteiger partial charge < -0.3 is 4.52 Å². The fourth-order valence-electron chi connectivity index (χ4n) is 3.43. The molecule has 0 atom stereocenters. The molecule has 164 valence electrons. The maximum atomic E-state index is 13.3. The molecule has 0 bridgehead atoms. The van der Waals surface area contributed by atoms with Gasteiger partial charge in [0.1, 0.15) is 5.82 Å².